The molecule has 1 aromatic carbocycles. The van der Waals surface area contributed by atoms with Gasteiger partial charge in [0.25, 0.3) is 11.5 Å². The number of ether oxygens (including phenoxy) is 1. The highest BCUT2D eigenvalue weighted by Gasteiger charge is 2.20. The van der Waals surface area contributed by atoms with E-state index >= 15 is 0 Å². The fourth-order valence-electron chi connectivity index (χ4n) is 4.94. The lowest BCUT2D eigenvalue weighted by atomic mass is 10.0. The van der Waals surface area contributed by atoms with Crippen molar-refractivity contribution >= 4 is 11.4 Å². The van der Waals surface area contributed by atoms with Crippen molar-refractivity contribution in [1.29, 1.82) is 0 Å². The number of carbonyl (C=O) groups excluding carboxylic acids is 1. The molecular formula is C29H33N5O3. The summed E-state index contributed by atoms with van der Waals surface area (Å²) >= 11 is 0. The Morgan fingerprint density at radius 1 is 1.03 bits per heavy atom. The van der Waals surface area contributed by atoms with Crippen molar-refractivity contribution in [2.45, 2.75) is 64.5 Å². The van der Waals surface area contributed by atoms with Gasteiger partial charge in [-0.1, -0.05) is 56.0 Å². The molecule has 1 fully saturated rings. The molecule has 0 atom stereocenters. The Morgan fingerprint density at radius 3 is 2.51 bits per heavy atom. The summed E-state index contributed by atoms with van der Waals surface area (Å²) in [6, 6.07) is 17.0. The maximum atomic E-state index is 12.6. The molecule has 4 aromatic rings. The standard InChI is InChI=1S/C29H33N5O3/c1-20(2)34-27(36)15-14-24(31-34)28-25-18-23(37-19-26(35)30-22-12-8-3-4-9-13-22)16-17-33(25)32-29(28)21-10-6-5-7-11-21/h5-7,10-11,14-18,20,22H,3-4,8-9,12-13,19H2,1-2H3,(H,30,35). The second-order valence-electron chi connectivity index (χ2n) is 9.92. The van der Waals surface area contributed by atoms with Crippen molar-refractivity contribution in [3.8, 4) is 28.3 Å². The summed E-state index contributed by atoms with van der Waals surface area (Å²) in [6.07, 6.45) is 8.69. The van der Waals surface area contributed by atoms with Crippen LogP contribution in [0.15, 0.2) is 65.6 Å². The number of amides is 1. The zero-order valence-electron chi connectivity index (χ0n) is 21.4. The summed E-state index contributed by atoms with van der Waals surface area (Å²) in [5, 5.41) is 12.6. The van der Waals surface area contributed by atoms with E-state index in [4.69, 9.17) is 9.84 Å². The molecule has 1 aliphatic carbocycles. The minimum absolute atomic E-state index is 0.0435. The first-order valence-electron chi connectivity index (χ1n) is 13.1. The van der Waals surface area contributed by atoms with Crippen LogP contribution in [-0.4, -0.2) is 38.0 Å². The van der Waals surface area contributed by atoms with Crippen LogP contribution in [0.1, 0.15) is 58.4 Å². The Kier molecular flexibility index (Phi) is 7.35. The zero-order chi connectivity index (χ0) is 25.8. The van der Waals surface area contributed by atoms with E-state index in [0.29, 0.717) is 11.4 Å². The molecule has 1 aliphatic rings. The number of benzene rings is 1. The van der Waals surface area contributed by atoms with Crippen LogP contribution in [0.4, 0.5) is 0 Å². The number of nitrogens with zero attached hydrogens (tertiary/aromatic N) is 4. The largest absolute Gasteiger partial charge is 0.484 e. The van der Waals surface area contributed by atoms with E-state index in [1.165, 1.54) is 17.5 Å². The number of nitrogens with one attached hydrogen (secondary N) is 1. The average Bonchev–Trinajstić information content (AvgIpc) is 3.09. The Balaban J connectivity index is 1.47. The van der Waals surface area contributed by atoms with Crippen molar-refractivity contribution in [1.82, 2.24) is 24.7 Å². The van der Waals surface area contributed by atoms with Crippen LogP contribution in [0, 0.1) is 0 Å². The van der Waals surface area contributed by atoms with Gasteiger partial charge in [-0.2, -0.15) is 10.2 Å². The minimum atomic E-state index is -0.153. The minimum Gasteiger partial charge on any atom is -0.484 e. The van der Waals surface area contributed by atoms with Crippen LogP contribution in [0.2, 0.25) is 0 Å². The van der Waals surface area contributed by atoms with Gasteiger partial charge >= 0.3 is 0 Å². The number of rotatable bonds is 7. The molecule has 5 rings (SSSR count). The monoisotopic (exact) mass is 499 g/mol. The zero-order valence-corrected chi connectivity index (χ0v) is 21.4. The molecule has 3 aromatic heterocycles. The molecular weight excluding hydrogens is 466 g/mol. The quantitative estimate of drug-likeness (QED) is 0.361. The number of carbonyl (C=O) groups is 1. The predicted octanol–water partition coefficient (Wildman–Crippen LogP) is 5.02. The molecule has 0 aliphatic heterocycles. The molecule has 0 unspecified atom stereocenters. The third-order valence-electron chi connectivity index (χ3n) is 6.81. The smallest absolute Gasteiger partial charge is 0.267 e. The number of aromatic nitrogens is 4. The summed E-state index contributed by atoms with van der Waals surface area (Å²) in [7, 11) is 0. The Morgan fingerprint density at radius 2 is 1.78 bits per heavy atom. The van der Waals surface area contributed by atoms with Gasteiger partial charge in [0.2, 0.25) is 0 Å². The van der Waals surface area contributed by atoms with E-state index in [-0.39, 0.29) is 30.2 Å². The Bertz CT molecular complexity index is 1430. The van der Waals surface area contributed by atoms with E-state index in [1.807, 2.05) is 56.4 Å². The molecule has 37 heavy (non-hydrogen) atoms. The molecule has 192 valence electrons. The van der Waals surface area contributed by atoms with Gasteiger partial charge in [-0.25, -0.2) is 9.20 Å². The topological polar surface area (TPSA) is 90.5 Å². The molecule has 1 N–H and O–H groups in total. The molecule has 8 nitrogen and oxygen atoms in total. The first-order chi connectivity index (χ1) is 18.0. The lowest BCUT2D eigenvalue weighted by Gasteiger charge is -2.16. The molecule has 0 radical (unpaired) electrons. The van der Waals surface area contributed by atoms with Crippen LogP contribution in [-0.2, 0) is 4.79 Å². The first kappa shape index (κ1) is 24.7. The molecule has 0 bridgehead atoms. The third kappa shape index (κ3) is 5.58. The second-order valence-corrected chi connectivity index (χ2v) is 9.92. The Hall–Kier alpha value is -3.94. The summed E-state index contributed by atoms with van der Waals surface area (Å²) in [6.45, 7) is 3.81. The van der Waals surface area contributed by atoms with E-state index in [9.17, 15) is 9.59 Å². The van der Waals surface area contributed by atoms with Gasteiger partial charge in [-0.05, 0) is 38.8 Å². The van der Waals surface area contributed by atoms with Crippen LogP contribution in [0.25, 0.3) is 28.0 Å². The molecule has 0 spiro atoms. The van der Waals surface area contributed by atoms with Gasteiger partial charge in [0.15, 0.2) is 6.61 Å². The van der Waals surface area contributed by atoms with Crippen LogP contribution in [0.3, 0.4) is 0 Å². The molecule has 3 heterocycles. The fraction of sp³-hybridized carbons (Fsp3) is 0.379. The lowest BCUT2D eigenvalue weighted by molar-refractivity contribution is -0.123. The maximum Gasteiger partial charge on any atom is 0.267 e. The van der Waals surface area contributed by atoms with Gasteiger partial charge in [0, 0.05) is 29.9 Å². The van der Waals surface area contributed by atoms with Crippen molar-refractivity contribution in [3.05, 3.63) is 71.1 Å². The van der Waals surface area contributed by atoms with Crippen molar-refractivity contribution < 1.29 is 9.53 Å². The summed E-state index contributed by atoms with van der Waals surface area (Å²) < 4.78 is 9.17. The number of pyridine rings is 1. The maximum absolute atomic E-state index is 12.6. The number of hydrogen-bond acceptors (Lipinski definition) is 5. The third-order valence-corrected chi connectivity index (χ3v) is 6.81. The highest BCUT2D eigenvalue weighted by Crippen LogP contribution is 2.35. The summed E-state index contributed by atoms with van der Waals surface area (Å²) in [4.78, 5) is 25.0. The molecule has 1 amide bonds. The van der Waals surface area contributed by atoms with Gasteiger partial charge in [0.1, 0.15) is 11.4 Å². The first-order valence-corrected chi connectivity index (χ1v) is 13.1. The van der Waals surface area contributed by atoms with Gasteiger partial charge in [0.05, 0.1) is 22.8 Å². The van der Waals surface area contributed by atoms with E-state index in [2.05, 4.69) is 10.4 Å². The van der Waals surface area contributed by atoms with Crippen LogP contribution < -0.4 is 15.6 Å². The number of fused-ring (bicyclic) bond motifs is 1. The second kappa shape index (κ2) is 11.0. The fourth-order valence-corrected chi connectivity index (χ4v) is 4.94. The predicted molar refractivity (Wildman–Crippen MR) is 144 cm³/mol. The van der Waals surface area contributed by atoms with E-state index < -0.39 is 0 Å². The average molecular weight is 500 g/mol. The highest BCUT2D eigenvalue weighted by atomic mass is 16.5. The van der Waals surface area contributed by atoms with Crippen LogP contribution in [0.5, 0.6) is 5.75 Å². The lowest BCUT2D eigenvalue weighted by Crippen LogP contribution is -2.37. The molecule has 0 saturated heterocycles. The van der Waals surface area contributed by atoms with Crippen molar-refractivity contribution in [2.24, 2.45) is 0 Å². The molecule has 1 saturated carbocycles. The van der Waals surface area contributed by atoms with Crippen molar-refractivity contribution in [3.63, 3.8) is 0 Å². The SMILES string of the molecule is CC(C)n1nc(-c2c(-c3ccccc3)nn3ccc(OCC(=O)NC4CCCCCC4)cc23)ccc1=O. The summed E-state index contributed by atoms with van der Waals surface area (Å²) in [5.74, 6) is 0.470. The van der Waals surface area contributed by atoms with E-state index in [0.717, 1.165) is 48.0 Å². The normalized spacial score (nSPS) is 14.6. The highest BCUT2D eigenvalue weighted by molar-refractivity contribution is 5.91. The van der Waals surface area contributed by atoms with Crippen LogP contribution >= 0.6 is 0 Å². The van der Waals surface area contributed by atoms with Gasteiger partial charge < -0.3 is 10.1 Å². The van der Waals surface area contributed by atoms with Gasteiger partial charge in [-0.15, -0.1) is 0 Å². The Labute approximate surface area is 216 Å². The number of hydrogen-bond donors (Lipinski definition) is 1. The molecule has 8 heteroatoms. The van der Waals surface area contributed by atoms with Gasteiger partial charge in [-0.3, -0.25) is 9.59 Å². The van der Waals surface area contributed by atoms with Crippen molar-refractivity contribution in [2.75, 3.05) is 6.61 Å². The summed E-state index contributed by atoms with van der Waals surface area (Å²) in [5.41, 5.74) is 3.77. The van der Waals surface area contributed by atoms with E-state index in [1.54, 1.807) is 22.7 Å².